The smallest absolute Gasteiger partial charge is 0.238 e. The topological polar surface area (TPSA) is 125 Å². The van der Waals surface area contributed by atoms with Gasteiger partial charge in [0.05, 0.1) is 30.2 Å². The maximum Gasteiger partial charge on any atom is 0.238 e. The summed E-state index contributed by atoms with van der Waals surface area (Å²) < 4.78 is 24.0. The standard InChI is InChI=1S/C17H19ClN4O4S/c18-14-4-2-1-3-11(14)7-17(24)21-12-8-15-13(10-20-22(15)5-6-23)16(9-12)27(19,25)26/h1-4,8-9,20,23H,5-7,10H2,(H,21,24)(H2,19,25,26). The molecule has 27 heavy (non-hydrogen) atoms. The van der Waals surface area contributed by atoms with Gasteiger partial charge in [0.1, 0.15) is 0 Å². The van der Waals surface area contributed by atoms with Crippen LogP contribution in [0.15, 0.2) is 41.3 Å². The Morgan fingerprint density at radius 3 is 2.74 bits per heavy atom. The van der Waals surface area contributed by atoms with Crippen LogP contribution in [-0.4, -0.2) is 32.6 Å². The van der Waals surface area contributed by atoms with Gasteiger partial charge in [0.2, 0.25) is 15.9 Å². The molecule has 144 valence electrons. The molecule has 1 aliphatic heterocycles. The number of carbonyl (C=O) groups is 1. The van der Waals surface area contributed by atoms with Gasteiger partial charge in [-0.2, -0.15) is 0 Å². The van der Waals surface area contributed by atoms with E-state index in [9.17, 15) is 18.3 Å². The molecule has 0 atom stereocenters. The molecule has 1 heterocycles. The molecule has 0 aliphatic carbocycles. The van der Waals surface area contributed by atoms with Crippen molar-refractivity contribution >= 4 is 38.9 Å². The molecule has 0 bridgehead atoms. The predicted octanol–water partition coefficient (Wildman–Crippen LogP) is 0.985. The number of carbonyl (C=O) groups excluding carboxylic acids is 1. The molecule has 0 fully saturated rings. The number of primary sulfonamides is 1. The molecule has 0 radical (unpaired) electrons. The van der Waals surface area contributed by atoms with Crippen molar-refractivity contribution in [1.82, 2.24) is 5.43 Å². The number of hydrazine groups is 1. The third-order valence-electron chi connectivity index (χ3n) is 4.15. The summed E-state index contributed by atoms with van der Waals surface area (Å²) in [5.41, 5.74) is 4.98. The Morgan fingerprint density at radius 1 is 1.33 bits per heavy atom. The molecule has 1 amide bonds. The number of amides is 1. The van der Waals surface area contributed by atoms with Crippen LogP contribution in [0.3, 0.4) is 0 Å². The van der Waals surface area contributed by atoms with E-state index in [4.69, 9.17) is 16.7 Å². The van der Waals surface area contributed by atoms with Crippen LogP contribution in [0.4, 0.5) is 11.4 Å². The largest absolute Gasteiger partial charge is 0.394 e. The average molecular weight is 411 g/mol. The first kappa shape index (κ1) is 19.6. The van der Waals surface area contributed by atoms with Crippen molar-refractivity contribution < 1.29 is 18.3 Å². The summed E-state index contributed by atoms with van der Waals surface area (Å²) in [6, 6.07) is 9.96. The van der Waals surface area contributed by atoms with E-state index in [0.717, 1.165) is 0 Å². The van der Waals surface area contributed by atoms with Gasteiger partial charge in [-0.25, -0.2) is 19.0 Å². The van der Waals surface area contributed by atoms with Gasteiger partial charge in [0.15, 0.2) is 0 Å². The number of anilines is 2. The van der Waals surface area contributed by atoms with Gasteiger partial charge in [0.25, 0.3) is 0 Å². The highest BCUT2D eigenvalue weighted by molar-refractivity contribution is 7.89. The fourth-order valence-corrected chi connectivity index (χ4v) is 3.97. The van der Waals surface area contributed by atoms with Crippen molar-refractivity contribution in [1.29, 1.82) is 0 Å². The number of benzene rings is 2. The minimum Gasteiger partial charge on any atom is -0.394 e. The highest BCUT2D eigenvalue weighted by Gasteiger charge is 2.27. The Labute approximate surface area is 161 Å². The first-order chi connectivity index (χ1) is 12.8. The van der Waals surface area contributed by atoms with Crippen LogP contribution in [0.5, 0.6) is 0 Å². The van der Waals surface area contributed by atoms with Crippen molar-refractivity contribution in [2.45, 2.75) is 17.9 Å². The number of aliphatic hydroxyl groups excluding tert-OH is 1. The van der Waals surface area contributed by atoms with Gasteiger partial charge >= 0.3 is 0 Å². The summed E-state index contributed by atoms with van der Waals surface area (Å²) in [5.74, 6) is -0.344. The minimum atomic E-state index is -3.99. The molecule has 0 aromatic heterocycles. The van der Waals surface area contributed by atoms with Gasteiger partial charge in [-0.3, -0.25) is 4.79 Å². The third-order valence-corrected chi connectivity index (χ3v) is 5.49. The third kappa shape index (κ3) is 4.40. The van der Waals surface area contributed by atoms with Crippen LogP contribution < -0.4 is 20.9 Å². The SMILES string of the molecule is NS(=O)(=O)c1cc(NC(=O)Cc2ccccc2Cl)cc2c1CNN2CCO. The zero-order valence-electron chi connectivity index (χ0n) is 14.3. The average Bonchev–Trinajstić information content (AvgIpc) is 2.99. The summed E-state index contributed by atoms with van der Waals surface area (Å²) in [6.07, 6.45) is 0.0417. The Balaban J connectivity index is 1.90. The maximum atomic E-state index is 12.4. The van der Waals surface area contributed by atoms with Gasteiger partial charge in [-0.1, -0.05) is 29.8 Å². The Bertz CT molecular complexity index is 981. The van der Waals surface area contributed by atoms with E-state index in [1.807, 2.05) is 0 Å². The normalized spacial score (nSPS) is 13.5. The highest BCUT2D eigenvalue weighted by Crippen LogP contribution is 2.34. The first-order valence-electron chi connectivity index (χ1n) is 8.14. The van der Waals surface area contributed by atoms with Crippen molar-refractivity contribution in [2.24, 2.45) is 5.14 Å². The van der Waals surface area contributed by atoms with Gasteiger partial charge in [-0.05, 0) is 23.8 Å². The second-order valence-corrected chi connectivity index (χ2v) is 7.98. The van der Waals surface area contributed by atoms with Crippen LogP contribution in [0.25, 0.3) is 0 Å². The maximum absolute atomic E-state index is 12.4. The van der Waals surface area contributed by atoms with Gasteiger partial charge in [-0.15, -0.1) is 0 Å². The first-order valence-corrected chi connectivity index (χ1v) is 10.1. The number of nitrogens with zero attached hydrogens (tertiary/aromatic N) is 1. The molecule has 5 N–H and O–H groups in total. The number of fused-ring (bicyclic) bond motifs is 1. The lowest BCUT2D eigenvalue weighted by atomic mass is 10.1. The van der Waals surface area contributed by atoms with E-state index in [0.29, 0.717) is 27.5 Å². The summed E-state index contributed by atoms with van der Waals surface area (Å²) in [7, 11) is -3.99. The Morgan fingerprint density at radius 2 is 2.07 bits per heavy atom. The Hall–Kier alpha value is -2.17. The number of β-amino-alcohol motifs (C(OH)–C–C–N with tert-alkyl or cyclic N) is 1. The summed E-state index contributed by atoms with van der Waals surface area (Å²) in [4.78, 5) is 12.3. The molecule has 8 nitrogen and oxygen atoms in total. The fraction of sp³-hybridized carbons (Fsp3) is 0.235. The van der Waals surface area contributed by atoms with Crippen LogP contribution in [0, 0.1) is 0 Å². The van der Waals surface area contributed by atoms with Crippen LogP contribution in [-0.2, 0) is 27.8 Å². The van der Waals surface area contributed by atoms with Crippen LogP contribution in [0.1, 0.15) is 11.1 Å². The molecule has 2 aromatic rings. The highest BCUT2D eigenvalue weighted by atomic mass is 35.5. The molecule has 0 spiro atoms. The van der Waals surface area contributed by atoms with E-state index in [2.05, 4.69) is 10.7 Å². The molecule has 3 rings (SSSR count). The summed E-state index contributed by atoms with van der Waals surface area (Å²) >= 11 is 6.07. The molecule has 0 unspecified atom stereocenters. The molecule has 1 aliphatic rings. The molecule has 0 saturated heterocycles. The lowest BCUT2D eigenvalue weighted by molar-refractivity contribution is -0.115. The monoisotopic (exact) mass is 410 g/mol. The molecule has 10 heteroatoms. The van der Waals surface area contributed by atoms with E-state index in [1.165, 1.54) is 6.07 Å². The quantitative estimate of drug-likeness (QED) is 0.562. The van der Waals surface area contributed by atoms with Crippen molar-refractivity contribution in [3.8, 4) is 0 Å². The van der Waals surface area contributed by atoms with Crippen molar-refractivity contribution in [2.75, 3.05) is 23.5 Å². The number of sulfonamides is 1. The second kappa shape index (κ2) is 7.83. The van der Waals surface area contributed by atoms with Crippen LogP contribution in [0.2, 0.25) is 5.02 Å². The number of hydrogen-bond acceptors (Lipinski definition) is 6. The van der Waals surface area contributed by atoms with Crippen LogP contribution >= 0.6 is 11.6 Å². The van der Waals surface area contributed by atoms with Crippen molar-refractivity contribution in [3.63, 3.8) is 0 Å². The minimum absolute atomic E-state index is 0.0417. The molecule has 2 aromatic carbocycles. The Kier molecular flexibility index (Phi) is 5.68. The fourth-order valence-electron chi connectivity index (χ4n) is 2.95. The zero-order chi connectivity index (χ0) is 19.6. The van der Waals surface area contributed by atoms with E-state index >= 15 is 0 Å². The lowest BCUT2D eigenvalue weighted by Crippen LogP contribution is -2.34. The van der Waals surface area contributed by atoms with E-state index in [1.54, 1.807) is 35.3 Å². The van der Waals surface area contributed by atoms with E-state index in [-0.39, 0.29) is 36.9 Å². The molecular weight excluding hydrogens is 392 g/mol. The number of rotatable bonds is 6. The second-order valence-electron chi connectivity index (χ2n) is 6.04. The van der Waals surface area contributed by atoms with Gasteiger partial charge in [0, 0.05) is 22.8 Å². The lowest BCUT2D eigenvalue weighted by Gasteiger charge is -2.19. The van der Waals surface area contributed by atoms with Gasteiger partial charge < -0.3 is 15.4 Å². The summed E-state index contributed by atoms with van der Waals surface area (Å²) in [5, 5.41) is 19.3. The molecular formula is C17H19ClN4O4S. The predicted molar refractivity (Wildman–Crippen MR) is 103 cm³/mol. The van der Waals surface area contributed by atoms with E-state index < -0.39 is 10.0 Å². The number of nitrogens with one attached hydrogen (secondary N) is 2. The zero-order valence-corrected chi connectivity index (χ0v) is 15.8. The number of nitrogens with two attached hydrogens (primary N) is 1. The summed E-state index contributed by atoms with van der Waals surface area (Å²) in [6.45, 7) is 0.392. The number of hydrogen-bond donors (Lipinski definition) is 4. The number of halogens is 1. The number of aliphatic hydroxyl groups is 1. The molecule has 0 saturated carbocycles. The van der Waals surface area contributed by atoms with Crippen molar-refractivity contribution in [3.05, 3.63) is 52.5 Å².